The number of amides is 1. The van der Waals surface area contributed by atoms with Gasteiger partial charge in [-0.1, -0.05) is 12.1 Å². The van der Waals surface area contributed by atoms with Crippen LogP contribution in [0, 0.1) is 13.8 Å². The lowest BCUT2D eigenvalue weighted by Gasteiger charge is -2.38. The molecule has 3 heterocycles. The Kier molecular flexibility index (Phi) is 3.84. The van der Waals surface area contributed by atoms with Gasteiger partial charge in [-0.2, -0.15) is 5.10 Å². The van der Waals surface area contributed by atoms with E-state index in [9.17, 15) is 13.2 Å². The van der Waals surface area contributed by atoms with E-state index >= 15 is 0 Å². The number of aryl methyl sites for hydroxylation is 1. The molecule has 8 heteroatoms. The number of benzene rings is 1. The Morgan fingerprint density at radius 2 is 1.86 bits per heavy atom. The number of hydrogen-bond donors (Lipinski definition) is 1. The van der Waals surface area contributed by atoms with Gasteiger partial charge >= 0.3 is 0 Å². The van der Waals surface area contributed by atoms with Gasteiger partial charge in [0.1, 0.15) is 6.17 Å². The first-order valence-corrected chi connectivity index (χ1v) is 11.6. The Labute approximate surface area is 164 Å². The van der Waals surface area contributed by atoms with Gasteiger partial charge in [0.15, 0.2) is 9.84 Å². The zero-order valence-electron chi connectivity index (χ0n) is 16.1. The summed E-state index contributed by atoms with van der Waals surface area (Å²) in [7, 11) is -2.99. The lowest BCUT2D eigenvalue weighted by molar-refractivity contribution is 0.0665. The average Bonchev–Trinajstić information content (AvgIpc) is 3.35. The van der Waals surface area contributed by atoms with Gasteiger partial charge in [-0.3, -0.25) is 9.48 Å². The normalized spacial score (nSPS) is 26.2. The topological polar surface area (TPSA) is 84.3 Å². The van der Waals surface area contributed by atoms with Crippen molar-refractivity contribution in [3.63, 3.8) is 0 Å². The highest BCUT2D eigenvalue weighted by molar-refractivity contribution is 7.91. The Bertz CT molecular complexity index is 1070. The fourth-order valence-electron chi connectivity index (χ4n) is 4.60. The smallest absolute Gasteiger partial charge is 0.258 e. The molecule has 7 nitrogen and oxygen atoms in total. The van der Waals surface area contributed by atoms with Crippen LogP contribution in [0.25, 0.3) is 0 Å². The number of nitrogens with one attached hydrogen (secondary N) is 1. The maximum atomic E-state index is 13.2. The molecule has 1 amide bonds. The lowest BCUT2D eigenvalue weighted by atomic mass is 10.0. The summed E-state index contributed by atoms with van der Waals surface area (Å²) in [5.41, 5.74) is 4.31. The molecule has 148 valence electrons. The molecular weight excluding hydrogens is 376 g/mol. The summed E-state index contributed by atoms with van der Waals surface area (Å²) in [6, 6.07) is 7.73. The minimum absolute atomic E-state index is 0.0526. The number of carbonyl (C=O) groups is 1. The molecule has 2 aromatic rings. The molecule has 1 aromatic heterocycles. The molecule has 0 spiro atoms. The van der Waals surface area contributed by atoms with Crippen LogP contribution in [0.4, 0.5) is 5.69 Å². The maximum Gasteiger partial charge on any atom is 0.258 e. The second-order valence-electron chi connectivity index (χ2n) is 8.12. The van der Waals surface area contributed by atoms with E-state index < -0.39 is 9.84 Å². The van der Waals surface area contributed by atoms with Gasteiger partial charge in [0, 0.05) is 23.0 Å². The van der Waals surface area contributed by atoms with Crippen LogP contribution < -0.4 is 5.32 Å². The van der Waals surface area contributed by atoms with E-state index in [2.05, 4.69) is 5.32 Å². The van der Waals surface area contributed by atoms with Gasteiger partial charge < -0.3 is 10.2 Å². The molecule has 2 fully saturated rings. The molecule has 1 saturated heterocycles. The number of hydrogen-bond acceptors (Lipinski definition) is 5. The van der Waals surface area contributed by atoms with E-state index in [0.717, 1.165) is 35.5 Å². The predicted octanol–water partition coefficient (Wildman–Crippen LogP) is 2.59. The highest BCUT2D eigenvalue weighted by Gasteiger charge is 2.44. The van der Waals surface area contributed by atoms with Gasteiger partial charge in [0.05, 0.1) is 28.8 Å². The van der Waals surface area contributed by atoms with Crippen molar-refractivity contribution in [1.82, 2.24) is 14.7 Å². The molecule has 0 radical (unpaired) electrons. The zero-order chi connectivity index (χ0) is 19.6. The maximum absolute atomic E-state index is 13.2. The van der Waals surface area contributed by atoms with Crippen LogP contribution >= 0.6 is 0 Å². The molecule has 2 aliphatic heterocycles. The zero-order valence-corrected chi connectivity index (χ0v) is 16.9. The van der Waals surface area contributed by atoms with Crippen LogP contribution in [0.3, 0.4) is 0 Å². The van der Waals surface area contributed by atoms with Crippen molar-refractivity contribution in [2.45, 2.75) is 51.4 Å². The first kappa shape index (κ1) is 17.7. The van der Waals surface area contributed by atoms with E-state index in [0.29, 0.717) is 12.0 Å². The number of sulfone groups is 1. The molecule has 0 bridgehead atoms. The van der Waals surface area contributed by atoms with E-state index in [-0.39, 0.29) is 35.7 Å². The predicted molar refractivity (Wildman–Crippen MR) is 106 cm³/mol. The number of nitrogens with zero attached hydrogens (tertiary/aromatic N) is 3. The third-order valence-corrected chi connectivity index (χ3v) is 7.86. The summed E-state index contributed by atoms with van der Waals surface area (Å²) in [5.74, 6) is 0.407. The van der Waals surface area contributed by atoms with Crippen molar-refractivity contribution in [3.8, 4) is 0 Å². The first-order chi connectivity index (χ1) is 13.4. The Hall–Kier alpha value is -2.35. The lowest BCUT2D eigenvalue weighted by Crippen LogP contribution is -2.44. The summed E-state index contributed by atoms with van der Waals surface area (Å²) >= 11 is 0. The van der Waals surface area contributed by atoms with Crippen molar-refractivity contribution in [3.05, 3.63) is 46.8 Å². The van der Waals surface area contributed by atoms with E-state index in [1.165, 1.54) is 0 Å². The highest BCUT2D eigenvalue weighted by atomic mass is 32.2. The molecule has 1 N–H and O–H groups in total. The molecule has 5 rings (SSSR count). The fourth-order valence-corrected chi connectivity index (χ4v) is 6.30. The van der Waals surface area contributed by atoms with Crippen LogP contribution in [-0.2, 0) is 9.84 Å². The molecule has 1 saturated carbocycles. The van der Waals surface area contributed by atoms with Gasteiger partial charge in [0.25, 0.3) is 5.91 Å². The van der Waals surface area contributed by atoms with Gasteiger partial charge in [-0.15, -0.1) is 0 Å². The summed E-state index contributed by atoms with van der Waals surface area (Å²) in [6.45, 7) is 3.93. The standard InChI is InChI=1S/C20H24N4O3S/c1-12-18(13(2)24(22-12)15-9-10-28(26,27)11-15)19-21-17-6-4-3-5-16(17)20(25)23(19)14-7-8-14/h3-6,14-15,19,21H,7-11H2,1-2H3/t15-,19-/m0/s1. The van der Waals surface area contributed by atoms with Crippen LogP contribution in [0.5, 0.6) is 0 Å². The van der Waals surface area contributed by atoms with Crippen LogP contribution in [0.1, 0.15) is 58.8 Å². The van der Waals surface area contributed by atoms with Gasteiger partial charge in [0.2, 0.25) is 0 Å². The Balaban J connectivity index is 1.58. The summed E-state index contributed by atoms with van der Waals surface area (Å²) in [4.78, 5) is 15.2. The van der Waals surface area contributed by atoms with Crippen LogP contribution in [0.2, 0.25) is 0 Å². The first-order valence-electron chi connectivity index (χ1n) is 9.80. The second kappa shape index (κ2) is 6.07. The van der Waals surface area contributed by atoms with Crippen molar-refractivity contribution in [1.29, 1.82) is 0 Å². The highest BCUT2D eigenvalue weighted by Crippen LogP contribution is 2.42. The summed E-state index contributed by atoms with van der Waals surface area (Å²) in [6.07, 6.45) is 2.34. The third kappa shape index (κ3) is 2.73. The number of anilines is 1. The van der Waals surface area contributed by atoms with E-state index in [1.807, 2.05) is 47.7 Å². The van der Waals surface area contributed by atoms with Crippen molar-refractivity contribution in [2.24, 2.45) is 0 Å². The number of para-hydroxylation sites is 1. The van der Waals surface area contributed by atoms with Crippen molar-refractivity contribution in [2.75, 3.05) is 16.8 Å². The van der Waals surface area contributed by atoms with Crippen LogP contribution in [0.15, 0.2) is 24.3 Å². The molecule has 2 atom stereocenters. The quantitative estimate of drug-likeness (QED) is 0.856. The number of fused-ring (bicyclic) bond motifs is 1. The number of rotatable bonds is 3. The summed E-state index contributed by atoms with van der Waals surface area (Å²) < 4.78 is 25.8. The molecular formula is C20H24N4O3S. The monoisotopic (exact) mass is 400 g/mol. The average molecular weight is 401 g/mol. The molecule has 3 aliphatic rings. The van der Waals surface area contributed by atoms with E-state index in [4.69, 9.17) is 5.10 Å². The largest absolute Gasteiger partial charge is 0.361 e. The Morgan fingerprint density at radius 1 is 1.11 bits per heavy atom. The second-order valence-corrected chi connectivity index (χ2v) is 10.4. The number of aromatic nitrogens is 2. The Morgan fingerprint density at radius 3 is 2.54 bits per heavy atom. The van der Waals surface area contributed by atoms with E-state index in [1.54, 1.807) is 0 Å². The third-order valence-electron chi connectivity index (χ3n) is 6.11. The van der Waals surface area contributed by atoms with Gasteiger partial charge in [-0.05, 0) is 45.2 Å². The SMILES string of the molecule is Cc1nn([C@H]2CCS(=O)(=O)C2)c(C)c1[C@H]1Nc2ccccc2C(=O)N1C1CC1. The molecule has 1 aliphatic carbocycles. The number of carbonyl (C=O) groups excluding carboxylic acids is 1. The van der Waals surface area contributed by atoms with Crippen LogP contribution in [-0.4, -0.2) is 46.6 Å². The minimum Gasteiger partial charge on any atom is -0.361 e. The molecule has 28 heavy (non-hydrogen) atoms. The fraction of sp³-hybridized carbons (Fsp3) is 0.500. The molecule has 1 aromatic carbocycles. The molecule has 0 unspecified atom stereocenters. The van der Waals surface area contributed by atoms with Gasteiger partial charge in [-0.25, -0.2) is 8.42 Å². The van der Waals surface area contributed by atoms with Crippen molar-refractivity contribution < 1.29 is 13.2 Å². The van der Waals surface area contributed by atoms with Crippen molar-refractivity contribution >= 4 is 21.4 Å². The summed E-state index contributed by atoms with van der Waals surface area (Å²) in [5, 5.41) is 8.25. The minimum atomic E-state index is -2.99.